The fourth-order valence-corrected chi connectivity index (χ4v) is 1.46. The van der Waals surface area contributed by atoms with E-state index < -0.39 is 0 Å². The maximum atomic E-state index is 8.71. The summed E-state index contributed by atoms with van der Waals surface area (Å²) in [6, 6.07) is 0.415. The molecule has 0 heterocycles. The Kier molecular flexibility index (Phi) is 7.44. The third-order valence-corrected chi connectivity index (χ3v) is 2.47. The van der Waals surface area contributed by atoms with Gasteiger partial charge in [-0.05, 0) is 32.4 Å². The molecule has 0 aliphatic rings. The van der Waals surface area contributed by atoms with Crippen LogP contribution in [0.25, 0.3) is 0 Å². The van der Waals surface area contributed by atoms with Gasteiger partial charge in [-0.1, -0.05) is 31.6 Å². The number of likely N-dealkylation sites (N-methyl/N-ethyl adjacent to an activating group) is 1. The van der Waals surface area contributed by atoms with Crippen molar-refractivity contribution in [3.63, 3.8) is 0 Å². The highest BCUT2D eigenvalue weighted by atomic mass is 16.2. The molecule has 1 atom stereocenters. The second-order valence-corrected chi connectivity index (χ2v) is 3.43. The largest absolute Gasteiger partial charge is 0.392 e. The molecule has 0 aliphatic heterocycles. The Labute approximate surface area is 87.7 Å². The SMILES string of the molecule is CCNC(C)/C(C)=C(/C=C\CO)CC. The molecule has 2 nitrogen and oxygen atoms in total. The smallest absolute Gasteiger partial charge is 0.0615 e. The zero-order valence-electron chi connectivity index (χ0n) is 9.80. The van der Waals surface area contributed by atoms with Gasteiger partial charge in [0.15, 0.2) is 0 Å². The minimum Gasteiger partial charge on any atom is -0.392 e. The summed E-state index contributed by atoms with van der Waals surface area (Å²) in [5.41, 5.74) is 2.67. The predicted molar refractivity (Wildman–Crippen MR) is 62.4 cm³/mol. The fraction of sp³-hybridized carbons (Fsp3) is 0.667. The van der Waals surface area contributed by atoms with Gasteiger partial charge in [0.1, 0.15) is 0 Å². The summed E-state index contributed by atoms with van der Waals surface area (Å²) in [4.78, 5) is 0. The highest BCUT2D eigenvalue weighted by molar-refractivity contribution is 5.27. The number of aliphatic hydroxyl groups is 1. The van der Waals surface area contributed by atoms with E-state index in [1.54, 1.807) is 6.08 Å². The van der Waals surface area contributed by atoms with Crippen molar-refractivity contribution < 1.29 is 5.11 Å². The average molecular weight is 197 g/mol. The minimum absolute atomic E-state index is 0.117. The van der Waals surface area contributed by atoms with Gasteiger partial charge < -0.3 is 10.4 Å². The van der Waals surface area contributed by atoms with Crippen LogP contribution in [0.1, 0.15) is 34.1 Å². The molecule has 0 radical (unpaired) electrons. The maximum absolute atomic E-state index is 8.71. The van der Waals surface area contributed by atoms with Crippen LogP contribution in [-0.4, -0.2) is 24.3 Å². The van der Waals surface area contributed by atoms with Gasteiger partial charge in [-0.15, -0.1) is 0 Å². The van der Waals surface area contributed by atoms with Crippen molar-refractivity contribution in [2.75, 3.05) is 13.2 Å². The van der Waals surface area contributed by atoms with Crippen LogP contribution in [-0.2, 0) is 0 Å². The molecule has 0 spiro atoms. The van der Waals surface area contributed by atoms with E-state index in [0.717, 1.165) is 13.0 Å². The molecule has 0 aliphatic carbocycles. The fourth-order valence-electron chi connectivity index (χ4n) is 1.46. The molecule has 82 valence electrons. The van der Waals surface area contributed by atoms with E-state index in [-0.39, 0.29) is 6.61 Å². The molecule has 14 heavy (non-hydrogen) atoms. The molecule has 0 aromatic rings. The number of hydrogen-bond acceptors (Lipinski definition) is 2. The molecule has 0 saturated carbocycles. The van der Waals surface area contributed by atoms with Gasteiger partial charge in [0.25, 0.3) is 0 Å². The highest BCUT2D eigenvalue weighted by Gasteiger charge is 2.05. The van der Waals surface area contributed by atoms with Crippen molar-refractivity contribution in [1.29, 1.82) is 0 Å². The monoisotopic (exact) mass is 197 g/mol. The first-order valence-corrected chi connectivity index (χ1v) is 5.37. The number of nitrogens with one attached hydrogen (secondary N) is 1. The first-order valence-electron chi connectivity index (χ1n) is 5.37. The molecule has 0 amide bonds. The summed E-state index contributed by atoms with van der Waals surface area (Å²) in [6.45, 7) is 9.67. The van der Waals surface area contributed by atoms with Gasteiger partial charge in [0.2, 0.25) is 0 Å². The van der Waals surface area contributed by atoms with Gasteiger partial charge in [0, 0.05) is 6.04 Å². The lowest BCUT2D eigenvalue weighted by molar-refractivity contribution is 0.342. The number of aliphatic hydroxyl groups excluding tert-OH is 1. The zero-order chi connectivity index (χ0) is 11.0. The summed E-state index contributed by atoms with van der Waals surface area (Å²) in [7, 11) is 0. The van der Waals surface area contributed by atoms with Crippen molar-refractivity contribution in [2.45, 2.75) is 40.2 Å². The Morgan fingerprint density at radius 1 is 1.43 bits per heavy atom. The Hall–Kier alpha value is -0.600. The van der Waals surface area contributed by atoms with E-state index in [4.69, 9.17) is 5.11 Å². The Morgan fingerprint density at radius 3 is 2.50 bits per heavy atom. The van der Waals surface area contributed by atoms with E-state index in [1.165, 1.54) is 11.1 Å². The normalized spacial score (nSPS) is 15.8. The Balaban J connectivity index is 4.55. The molecule has 0 rings (SSSR count). The summed E-state index contributed by atoms with van der Waals surface area (Å²) < 4.78 is 0. The predicted octanol–water partition coefficient (Wildman–Crippen LogP) is 2.26. The molecular formula is C12H23NO. The zero-order valence-corrected chi connectivity index (χ0v) is 9.80. The maximum Gasteiger partial charge on any atom is 0.0615 e. The quantitative estimate of drug-likeness (QED) is 0.640. The van der Waals surface area contributed by atoms with E-state index in [0.29, 0.717) is 6.04 Å². The second-order valence-electron chi connectivity index (χ2n) is 3.43. The second kappa shape index (κ2) is 7.77. The first kappa shape index (κ1) is 13.4. The molecule has 0 saturated heterocycles. The lowest BCUT2D eigenvalue weighted by Crippen LogP contribution is -2.27. The molecule has 2 heteroatoms. The molecule has 0 aromatic carbocycles. The van der Waals surface area contributed by atoms with Crippen LogP contribution in [0.3, 0.4) is 0 Å². The van der Waals surface area contributed by atoms with E-state index in [2.05, 4.69) is 33.0 Å². The standard InChI is InChI=1S/C12H23NO/c1-5-12(8-7-9-14)10(3)11(4)13-6-2/h7-8,11,13-14H,5-6,9H2,1-4H3/b8-7-,12-10+. The van der Waals surface area contributed by atoms with Gasteiger partial charge in [-0.2, -0.15) is 0 Å². The van der Waals surface area contributed by atoms with Crippen molar-refractivity contribution in [3.05, 3.63) is 23.3 Å². The number of allylic oxidation sites excluding steroid dienone is 2. The Morgan fingerprint density at radius 2 is 2.07 bits per heavy atom. The van der Waals surface area contributed by atoms with E-state index in [9.17, 15) is 0 Å². The van der Waals surface area contributed by atoms with Crippen molar-refractivity contribution in [3.8, 4) is 0 Å². The lowest BCUT2D eigenvalue weighted by atomic mass is 10.0. The van der Waals surface area contributed by atoms with Crippen molar-refractivity contribution in [2.24, 2.45) is 0 Å². The molecule has 2 N–H and O–H groups in total. The first-order chi connectivity index (χ1) is 6.67. The minimum atomic E-state index is 0.117. The van der Waals surface area contributed by atoms with E-state index in [1.807, 2.05) is 6.08 Å². The third-order valence-electron chi connectivity index (χ3n) is 2.47. The average Bonchev–Trinajstić information content (AvgIpc) is 2.19. The summed E-state index contributed by atoms with van der Waals surface area (Å²) >= 11 is 0. The Bertz CT molecular complexity index is 206. The van der Waals surface area contributed by atoms with E-state index >= 15 is 0 Å². The lowest BCUT2D eigenvalue weighted by Gasteiger charge is -2.16. The van der Waals surface area contributed by atoms with Crippen LogP contribution >= 0.6 is 0 Å². The topological polar surface area (TPSA) is 32.3 Å². The van der Waals surface area contributed by atoms with Crippen molar-refractivity contribution in [1.82, 2.24) is 5.32 Å². The molecule has 0 fully saturated rings. The van der Waals surface area contributed by atoms with Gasteiger partial charge in [-0.25, -0.2) is 0 Å². The molecule has 0 aromatic heterocycles. The summed E-state index contributed by atoms with van der Waals surface area (Å²) in [5.74, 6) is 0. The van der Waals surface area contributed by atoms with Crippen LogP contribution in [0.15, 0.2) is 23.3 Å². The third kappa shape index (κ3) is 4.58. The highest BCUT2D eigenvalue weighted by Crippen LogP contribution is 2.13. The van der Waals surface area contributed by atoms with Crippen molar-refractivity contribution >= 4 is 0 Å². The van der Waals surface area contributed by atoms with Crippen LogP contribution in [0.4, 0.5) is 0 Å². The molecule has 1 unspecified atom stereocenters. The summed E-state index contributed by atoms with van der Waals surface area (Å²) in [5, 5.41) is 12.1. The van der Waals surface area contributed by atoms with Gasteiger partial charge in [-0.3, -0.25) is 0 Å². The van der Waals surface area contributed by atoms with Crippen LogP contribution < -0.4 is 5.32 Å². The number of rotatable bonds is 6. The molecule has 0 bridgehead atoms. The summed E-state index contributed by atoms with van der Waals surface area (Å²) in [6.07, 6.45) is 4.82. The van der Waals surface area contributed by atoms with Gasteiger partial charge >= 0.3 is 0 Å². The van der Waals surface area contributed by atoms with Crippen LogP contribution in [0.2, 0.25) is 0 Å². The van der Waals surface area contributed by atoms with Crippen LogP contribution in [0.5, 0.6) is 0 Å². The van der Waals surface area contributed by atoms with Crippen LogP contribution in [0, 0.1) is 0 Å². The van der Waals surface area contributed by atoms with Gasteiger partial charge in [0.05, 0.1) is 6.61 Å². The number of hydrogen-bond donors (Lipinski definition) is 2. The molecular weight excluding hydrogens is 174 g/mol.